The van der Waals surface area contributed by atoms with Gasteiger partial charge in [-0.1, -0.05) is 29.8 Å². The summed E-state index contributed by atoms with van der Waals surface area (Å²) in [4.78, 5) is 28.4. The summed E-state index contributed by atoms with van der Waals surface area (Å²) in [6, 6.07) is 15.8. The Morgan fingerprint density at radius 1 is 0.968 bits per heavy atom. The molecule has 162 valence electrons. The molecule has 1 aliphatic rings. The van der Waals surface area contributed by atoms with E-state index in [0.717, 1.165) is 50.1 Å². The van der Waals surface area contributed by atoms with Gasteiger partial charge < -0.3 is 9.73 Å². The maximum Gasteiger partial charge on any atom is 0.336 e. The molecule has 1 N–H and O–H groups in total. The summed E-state index contributed by atoms with van der Waals surface area (Å²) < 4.78 is 5.40. The number of rotatable bonds is 5. The average Bonchev–Trinajstić information content (AvgIpc) is 2.94. The Morgan fingerprint density at radius 2 is 1.68 bits per heavy atom. The van der Waals surface area contributed by atoms with Crippen molar-refractivity contribution in [2.75, 3.05) is 31.5 Å². The van der Waals surface area contributed by atoms with Gasteiger partial charge in [0.15, 0.2) is 0 Å². The maximum atomic E-state index is 12.1. The van der Waals surface area contributed by atoms with Gasteiger partial charge in [-0.25, -0.2) is 4.79 Å². The van der Waals surface area contributed by atoms with Crippen LogP contribution in [0.2, 0.25) is 0 Å². The average molecular weight is 420 g/mol. The van der Waals surface area contributed by atoms with E-state index in [4.69, 9.17) is 4.42 Å². The van der Waals surface area contributed by atoms with E-state index in [2.05, 4.69) is 46.3 Å². The Balaban J connectivity index is 1.45. The van der Waals surface area contributed by atoms with E-state index in [1.54, 1.807) is 12.1 Å². The Bertz CT molecular complexity index is 1120. The zero-order valence-corrected chi connectivity index (χ0v) is 18.2. The molecule has 6 nitrogen and oxygen atoms in total. The molecule has 2 heterocycles. The van der Waals surface area contributed by atoms with E-state index in [1.165, 1.54) is 18.1 Å². The molecule has 0 saturated carbocycles. The first kappa shape index (κ1) is 21.3. The van der Waals surface area contributed by atoms with Gasteiger partial charge in [0, 0.05) is 56.3 Å². The largest absolute Gasteiger partial charge is 0.423 e. The number of carbonyl (C=O) groups excluding carboxylic acids is 1. The van der Waals surface area contributed by atoms with E-state index in [0.29, 0.717) is 17.8 Å². The predicted octanol–water partition coefficient (Wildman–Crippen LogP) is 3.77. The molecule has 0 unspecified atom stereocenters. The fraction of sp³-hybridized carbons (Fsp3) is 0.360. The zero-order valence-electron chi connectivity index (χ0n) is 18.2. The highest BCUT2D eigenvalue weighted by Gasteiger charge is 2.17. The van der Waals surface area contributed by atoms with Crippen molar-refractivity contribution in [2.24, 2.45) is 0 Å². The Hall–Kier alpha value is -2.96. The maximum absolute atomic E-state index is 12.1. The molecule has 1 fully saturated rings. The van der Waals surface area contributed by atoms with Crippen molar-refractivity contribution in [3.63, 3.8) is 0 Å². The third-order valence-corrected chi connectivity index (χ3v) is 5.75. The molecule has 0 aliphatic carbocycles. The van der Waals surface area contributed by atoms with E-state index >= 15 is 0 Å². The van der Waals surface area contributed by atoms with Gasteiger partial charge in [-0.15, -0.1) is 0 Å². The topological polar surface area (TPSA) is 65.8 Å². The van der Waals surface area contributed by atoms with Crippen molar-refractivity contribution in [1.82, 2.24) is 9.80 Å². The molecular formula is C25H29N3O3. The molecule has 1 aromatic heterocycles. The van der Waals surface area contributed by atoms with Crippen LogP contribution in [0.25, 0.3) is 11.0 Å². The number of nitrogens with zero attached hydrogens (tertiary/aromatic N) is 2. The lowest BCUT2D eigenvalue weighted by Gasteiger charge is -2.22. The second-order valence-electron chi connectivity index (χ2n) is 8.37. The summed E-state index contributed by atoms with van der Waals surface area (Å²) in [6.07, 6.45) is 1.10. The standard InChI is InChI=1S/C25H29N3O3/c1-18-4-6-20(7-5-18)16-27-10-3-11-28(13-12-27)17-21-14-25(30)31-24-15-22(26-19(2)29)8-9-23(21)24/h4-9,14-15H,3,10-13,16-17H2,1-2H3,(H,26,29). The molecule has 1 aliphatic heterocycles. The molecule has 6 heteroatoms. The molecule has 0 radical (unpaired) electrons. The minimum atomic E-state index is -0.363. The van der Waals surface area contributed by atoms with Crippen LogP contribution in [0.5, 0.6) is 0 Å². The van der Waals surface area contributed by atoms with E-state index in [-0.39, 0.29) is 11.5 Å². The highest BCUT2D eigenvalue weighted by Crippen LogP contribution is 2.23. The number of hydrogen-bond donors (Lipinski definition) is 1. The van der Waals surface area contributed by atoms with Crippen LogP contribution >= 0.6 is 0 Å². The lowest BCUT2D eigenvalue weighted by molar-refractivity contribution is -0.114. The minimum Gasteiger partial charge on any atom is -0.423 e. The number of fused-ring (bicyclic) bond motifs is 1. The summed E-state index contributed by atoms with van der Waals surface area (Å²) in [7, 11) is 0. The van der Waals surface area contributed by atoms with Crippen molar-refractivity contribution >= 4 is 22.6 Å². The van der Waals surface area contributed by atoms with E-state index in [9.17, 15) is 9.59 Å². The van der Waals surface area contributed by atoms with Crippen molar-refractivity contribution < 1.29 is 9.21 Å². The minimum absolute atomic E-state index is 0.155. The molecule has 4 rings (SSSR count). The smallest absolute Gasteiger partial charge is 0.336 e. The second kappa shape index (κ2) is 9.45. The molecule has 0 atom stereocenters. The SMILES string of the molecule is CC(=O)Nc1ccc2c(CN3CCCN(Cc4ccc(C)cc4)CC3)cc(=O)oc2c1. The van der Waals surface area contributed by atoms with Gasteiger partial charge in [0.05, 0.1) is 0 Å². The second-order valence-corrected chi connectivity index (χ2v) is 8.37. The van der Waals surface area contributed by atoms with Crippen LogP contribution in [0.4, 0.5) is 5.69 Å². The normalized spacial score (nSPS) is 15.7. The molecule has 3 aromatic rings. The fourth-order valence-corrected chi connectivity index (χ4v) is 4.17. The first-order chi connectivity index (χ1) is 15.0. The van der Waals surface area contributed by atoms with Gasteiger partial charge in [-0.05, 0) is 49.7 Å². The van der Waals surface area contributed by atoms with Gasteiger partial charge in [-0.2, -0.15) is 0 Å². The third kappa shape index (κ3) is 5.60. The highest BCUT2D eigenvalue weighted by atomic mass is 16.4. The quantitative estimate of drug-likeness (QED) is 0.638. The van der Waals surface area contributed by atoms with Crippen molar-refractivity contribution in [3.05, 3.63) is 75.6 Å². The number of aryl methyl sites for hydroxylation is 1. The first-order valence-corrected chi connectivity index (χ1v) is 10.8. The number of carbonyl (C=O) groups is 1. The lowest BCUT2D eigenvalue weighted by Crippen LogP contribution is -2.30. The van der Waals surface area contributed by atoms with Crippen LogP contribution in [0.3, 0.4) is 0 Å². The van der Waals surface area contributed by atoms with Crippen LogP contribution in [-0.2, 0) is 17.9 Å². The number of amides is 1. The molecule has 1 saturated heterocycles. The first-order valence-electron chi connectivity index (χ1n) is 10.8. The van der Waals surface area contributed by atoms with Crippen molar-refractivity contribution in [3.8, 4) is 0 Å². The number of benzene rings is 2. The molecular weight excluding hydrogens is 390 g/mol. The van der Waals surface area contributed by atoms with Gasteiger partial charge in [0.25, 0.3) is 0 Å². The fourth-order valence-electron chi connectivity index (χ4n) is 4.17. The van der Waals surface area contributed by atoms with Crippen LogP contribution in [0.15, 0.2) is 57.7 Å². The number of nitrogens with one attached hydrogen (secondary N) is 1. The zero-order chi connectivity index (χ0) is 21.8. The number of anilines is 1. The van der Waals surface area contributed by atoms with Crippen molar-refractivity contribution in [2.45, 2.75) is 33.4 Å². The van der Waals surface area contributed by atoms with Gasteiger partial charge >= 0.3 is 5.63 Å². The van der Waals surface area contributed by atoms with Crippen LogP contribution < -0.4 is 10.9 Å². The Kier molecular flexibility index (Phi) is 6.49. The lowest BCUT2D eigenvalue weighted by atomic mass is 10.1. The summed E-state index contributed by atoms with van der Waals surface area (Å²) in [5.74, 6) is -0.155. The predicted molar refractivity (Wildman–Crippen MR) is 123 cm³/mol. The van der Waals surface area contributed by atoms with Crippen LogP contribution in [-0.4, -0.2) is 41.9 Å². The van der Waals surface area contributed by atoms with Crippen LogP contribution in [0, 0.1) is 6.92 Å². The van der Waals surface area contributed by atoms with Gasteiger partial charge in [-0.3, -0.25) is 14.6 Å². The Morgan fingerprint density at radius 3 is 2.39 bits per heavy atom. The summed E-state index contributed by atoms with van der Waals surface area (Å²) in [5.41, 5.74) is 4.37. The van der Waals surface area contributed by atoms with Gasteiger partial charge in [0.1, 0.15) is 5.58 Å². The molecule has 2 aromatic carbocycles. The monoisotopic (exact) mass is 419 g/mol. The van der Waals surface area contributed by atoms with E-state index in [1.807, 2.05) is 12.1 Å². The molecule has 31 heavy (non-hydrogen) atoms. The highest BCUT2D eigenvalue weighted by molar-refractivity contribution is 5.92. The van der Waals surface area contributed by atoms with E-state index < -0.39 is 0 Å². The van der Waals surface area contributed by atoms with Crippen LogP contribution in [0.1, 0.15) is 30.0 Å². The molecule has 1 amide bonds. The van der Waals surface area contributed by atoms with Gasteiger partial charge in [0.2, 0.25) is 5.91 Å². The van der Waals surface area contributed by atoms with Crippen molar-refractivity contribution in [1.29, 1.82) is 0 Å². The Labute approximate surface area is 182 Å². The molecule has 0 spiro atoms. The third-order valence-electron chi connectivity index (χ3n) is 5.75. The summed E-state index contributed by atoms with van der Waals surface area (Å²) in [5, 5.41) is 3.65. The summed E-state index contributed by atoms with van der Waals surface area (Å²) in [6.45, 7) is 9.27. The molecule has 0 bridgehead atoms. The summed E-state index contributed by atoms with van der Waals surface area (Å²) >= 11 is 0. The number of hydrogen-bond acceptors (Lipinski definition) is 5.